The van der Waals surface area contributed by atoms with Gasteiger partial charge < -0.3 is 23.8 Å². The van der Waals surface area contributed by atoms with Crippen LogP contribution in [0.25, 0.3) is 0 Å². The standard InChI is InChI=1S/C49H83NO7/c1-6-8-10-12-14-16-18-20-21-22-23-24-25-26-27-28-30-31-33-35-37-39-47(51)56-44-45(43-55-42-41-46(49(53)54)50(3,4)5)57-48(52)40-38-36-34-32-29-19-17-15-13-11-9-7-2/h9,11,14-17,20-21,23-24,26-27,45-46H,6-8,10,12-13,18-19,22,25,28-44H2,1-5H3/p+1/b11-9+,16-14+,17-15+,21-20+,24-23+,27-26+. The van der Waals surface area contributed by atoms with Gasteiger partial charge in [-0.05, 0) is 83.5 Å². The van der Waals surface area contributed by atoms with Gasteiger partial charge in [0.2, 0.25) is 0 Å². The molecule has 0 spiro atoms. The Hall–Kier alpha value is -3.23. The van der Waals surface area contributed by atoms with Crippen LogP contribution in [0.5, 0.6) is 0 Å². The van der Waals surface area contributed by atoms with E-state index in [0.717, 1.165) is 109 Å². The number of hydrogen-bond acceptors (Lipinski definition) is 6. The van der Waals surface area contributed by atoms with Crippen molar-refractivity contribution in [2.45, 2.75) is 180 Å². The zero-order valence-electron chi connectivity index (χ0n) is 37.0. The predicted octanol–water partition coefficient (Wildman–Crippen LogP) is 12.4. The molecule has 57 heavy (non-hydrogen) atoms. The van der Waals surface area contributed by atoms with Gasteiger partial charge in [-0.15, -0.1) is 0 Å². The van der Waals surface area contributed by atoms with Crippen LogP contribution in [0.3, 0.4) is 0 Å². The number of likely N-dealkylation sites (N-methyl/N-ethyl adjacent to an activating group) is 1. The van der Waals surface area contributed by atoms with Crippen molar-refractivity contribution in [1.29, 1.82) is 0 Å². The Morgan fingerprint density at radius 3 is 1.46 bits per heavy atom. The Balaban J connectivity index is 4.35. The first-order valence-corrected chi connectivity index (χ1v) is 22.5. The quantitative estimate of drug-likeness (QED) is 0.0286. The minimum atomic E-state index is -0.884. The fourth-order valence-electron chi connectivity index (χ4n) is 6.11. The molecular formula is C49H84NO7+. The molecule has 8 nitrogen and oxygen atoms in total. The summed E-state index contributed by atoms with van der Waals surface area (Å²) in [5.74, 6) is -1.52. The fourth-order valence-corrected chi connectivity index (χ4v) is 6.11. The average molecular weight is 799 g/mol. The highest BCUT2D eigenvalue weighted by Crippen LogP contribution is 2.13. The van der Waals surface area contributed by atoms with Gasteiger partial charge >= 0.3 is 17.9 Å². The highest BCUT2D eigenvalue weighted by molar-refractivity contribution is 5.72. The van der Waals surface area contributed by atoms with E-state index in [1.54, 1.807) is 0 Å². The van der Waals surface area contributed by atoms with Crippen molar-refractivity contribution in [3.63, 3.8) is 0 Å². The number of nitrogens with zero attached hydrogens (tertiary/aromatic N) is 1. The second-order valence-electron chi connectivity index (χ2n) is 15.9. The molecule has 326 valence electrons. The molecular weight excluding hydrogens is 715 g/mol. The van der Waals surface area contributed by atoms with E-state index in [0.29, 0.717) is 19.3 Å². The Morgan fingerprint density at radius 2 is 0.982 bits per heavy atom. The van der Waals surface area contributed by atoms with Gasteiger partial charge in [0.1, 0.15) is 6.61 Å². The van der Waals surface area contributed by atoms with Crippen molar-refractivity contribution in [2.75, 3.05) is 41.0 Å². The smallest absolute Gasteiger partial charge is 0.362 e. The third-order valence-corrected chi connectivity index (χ3v) is 9.59. The molecule has 8 heteroatoms. The number of carboxylic acid groups (broad SMARTS) is 1. The Kier molecular flexibility index (Phi) is 37.3. The summed E-state index contributed by atoms with van der Waals surface area (Å²) in [6, 6.07) is -0.623. The maximum atomic E-state index is 12.7. The monoisotopic (exact) mass is 799 g/mol. The number of hydrogen-bond donors (Lipinski definition) is 1. The van der Waals surface area contributed by atoms with Crippen molar-refractivity contribution in [3.8, 4) is 0 Å². The van der Waals surface area contributed by atoms with E-state index in [1.807, 2.05) is 21.1 Å². The van der Waals surface area contributed by atoms with Crippen LogP contribution in [0.4, 0.5) is 0 Å². The number of rotatable bonds is 39. The van der Waals surface area contributed by atoms with Crippen molar-refractivity contribution >= 4 is 17.9 Å². The summed E-state index contributed by atoms with van der Waals surface area (Å²) >= 11 is 0. The lowest BCUT2D eigenvalue weighted by Gasteiger charge is -2.31. The lowest BCUT2D eigenvalue weighted by molar-refractivity contribution is -0.887. The molecule has 0 fully saturated rings. The van der Waals surface area contributed by atoms with Gasteiger partial charge in [-0.2, -0.15) is 0 Å². The third kappa shape index (κ3) is 38.1. The zero-order chi connectivity index (χ0) is 42.1. The molecule has 1 N–H and O–H groups in total. The van der Waals surface area contributed by atoms with E-state index in [9.17, 15) is 19.5 Å². The van der Waals surface area contributed by atoms with Crippen molar-refractivity contribution in [3.05, 3.63) is 72.9 Å². The first kappa shape index (κ1) is 53.8. The predicted molar refractivity (Wildman–Crippen MR) is 238 cm³/mol. The van der Waals surface area contributed by atoms with E-state index in [2.05, 4.69) is 86.8 Å². The number of quaternary nitrogens is 1. The van der Waals surface area contributed by atoms with Crippen molar-refractivity contribution < 1.29 is 38.2 Å². The van der Waals surface area contributed by atoms with E-state index in [1.165, 1.54) is 25.7 Å². The second-order valence-corrected chi connectivity index (χ2v) is 15.9. The zero-order valence-corrected chi connectivity index (χ0v) is 37.0. The molecule has 0 radical (unpaired) electrons. The maximum absolute atomic E-state index is 12.7. The highest BCUT2D eigenvalue weighted by Gasteiger charge is 2.31. The molecule has 0 aliphatic carbocycles. The fraction of sp³-hybridized carbons (Fsp3) is 0.694. The molecule has 0 aromatic heterocycles. The number of carbonyl (C=O) groups is 3. The van der Waals surface area contributed by atoms with Crippen LogP contribution in [-0.4, -0.2) is 80.6 Å². The number of carbonyl (C=O) groups excluding carboxylic acids is 2. The topological polar surface area (TPSA) is 99.1 Å². The number of ether oxygens (including phenoxy) is 3. The SMILES string of the molecule is CC/C=C/C/C=C/CCCCCCCC(=O)OC(COCCC(C(=O)O)[N+](C)(C)C)COC(=O)CCCCCCC/C=C/C/C=C/C/C=C/C/C=C/CCCCC. The van der Waals surface area contributed by atoms with Gasteiger partial charge in [-0.3, -0.25) is 9.59 Å². The number of carboxylic acids is 1. The highest BCUT2D eigenvalue weighted by atomic mass is 16.6. The maximum Gasteiger partial charge on any atom is 0.362 e. The Morgan fingerprint density at radius 1 is 0.544 bits per heavy atom. The lowest BCUT2D eigenvalue weighted by Crippen LogP contribution is -2.50. The lowest BCUT2D eigenvalue weighted by atomic mass is 10.1. The first-order valence-electron chi connectivity index (χ1n) is 22.5. The number of allylic oxidation sites excluding steroid dienone is 12. The van der Waals surface area contributed by atoms with Crippen LogP contribution < -0.4 is 0 Å². The van der Waals surface area contributed by atoms with Gasteiger partial charge in [0.25, 0.3) is 0 Å². The molecule has 0 amide bonds. The molecule has 0 aromatic carbocycles. The number of unbranched alkanes of at least 4 members (excludes halogenated alkanes) is 13. The summed E-state index contributed by atoms with van der Waals surface area (Å²) in [7, 11) is 5.51. The van der Waals surface area contributed by atoms with E-state index < -0.39 is 18.1 Å². The number of aliphatic carboxylic acids is 1. The van der Waals surface area contributed by atoms with Crippen LogP contribution in [0.1, 0.15) is 168 Å². The Bertz CT molecular complexity index is 1160. The van der Waals surface area contributed by atoms with Crippen LogP contribution in [0.2, 0.25) is 0 Å². The summed E-state index contributed by atoms with van der Waals surface area (Å²) in [6.07, 6.45) is 49.5. The molecule has 0 aliphatic heterocycles. The van der Waals surface area contributed by atoms with Crippen molar-refractivity contribution in [2.24, 2.45) is 0 Å². The first-order chi connectivity index (χ1) is 27.6. The van der Waals surface area contributed by atoms with Gasteiger partial charge in [-0.1, -0.05) is 138 Å². The molecule has 0 aromatic rings. The molecule has 0 bridgehead atoms. The summed E-state index contributed by atoms with van der Waals surface area (Å²) < 4.78 is 17.2. The minimum absolute atomic E-state index is 0.0453. The molecule has 0 heterocycles. The third-order valence-electron chi connectivity index (χ3n) is 9.59. The molecule has 0 saturated carbocycles. The average Bonchev–Trinajstić information content (AvgIpc) is 3.17. The van der Waals surface area contributed by atoms with Gasteiger partial charge in [-0.25, -0.2) is 4.79 Å². The van der Waals surface area contributed by atoms with Crippen LogP contribution in [0.15, 0.2) is 72.9 Å². The van der Waals surface area contributed by atoms with Gasteiger partial charge in [0, 0.05) is 19.3 Å². The van der Waals surface area contributed by atoms with E-state index >= 15 is 0 Å². The molecule has 2 unspecified atom stereocenters. The summed E-state index contributed by atoms with van der Waals surface area (Å²) in [6.45, 7) is 4.55. The molecule has 2 atom stereocenters. The molecule has 0 rings (SSSR count). The van der Waals surface area contributed by atoms with E-state index in [-0.39, 0.29) is 36.2 Å². The number of esters is 2. The van der Waals surface area contributed by atoms with Gasteiger partial charge in [0.15, 0.2) is 12.1 Å². The largest absolute Gasteiger partial charge is 0.477 e. The van der Waals surface area contributed by atoms with Gasteiger partial charge in [0.05, 0.1) is 34.4 Å². The normalized spacial score (nSPS) is 13.6. The summed E-state index contributed by atoms with van der Waals surface area (Å²) in [4.78, 5) is 37.0. The minimum Gasteiger partial charge on any atom is -0.477 e. The van der Waals surface area contributed by atoms with Crippen LogP contribution in [0, 0.1) is 0 Å². The summed E-state index contributed by atoms with van der Waals surface area (Å²) in [5.41, 5.74) is 0. The van der Waals surface area contributed by atoms with Crippen molar-refractivity contribution in [1.82, 2.24) is 0 Å². The molecule has 0 saturated heterocycles. The van der Waals surface area contributed by atoms with Crippen LogP contribution in [-0.2, 0) is 28.6 Å². The summed E-state index contributed by atoms with van der Waals surface area (Å²) in [5, 5.41) is 9.61. The van der Waals surface area contributed by atoms with Crippen LogP contribution >= 0.6 is 0 Å². The Labute approximate surface area is 349 Å². The molecule has 0 aliphatic rings. The van der Waals surface area contributed by atoms with E-state index in [4.69, 9.17) is 14.2 Å². The second kappa shape index (κ2) is 39.6.